The van der Waals surface area contributed by atoms with Gasteiger partial charge in [-0.15, -0.1) is 0 Å². The second-order valence-corrected chi connectivity index (χ2v) is 5.08. The fourth-order valence-electron chi connectivity index (χ4n) is 1.99. The molecule has 0 atom stereocenters. The molecule has 5 nitrogen and oxygen atoms in total. The van der Waals surface area contributed by atoms with Crippen LogP contribution in [0.1, 0.15) is 37.0 Å². The minimum absolute atomic E-state index is 0.304. The van der Waals surface area contributed by atoms with Gasteiger partial charge in [-0.1, -0.05) is 26.0 Å². The lowest BCUT2D eigenvalue weighted by Gasteiger charge is -2.09. The standard InChI is InChI=1S/C17H24N2O3/c1-6-9-10-22-14(8-3)15-12(11-18-13(15)7-2)16(20)17(21)19(4)5/h7-8,11,18H,3,6,9-10H2,1-2,4-5H3/b13-7+,15-14+. The van der Waals surface area contributed by atoms with Crippen LogP contribution in [0, 0.1) is 0 Å². The van der Waals surface area contributed by atoms with Crippen molar-refractivity contribution in [3.63, 3.8) is 0 Å². The monoisotopic (exact) mass is 304 g/mol. The molecule has 22 heavy (non-hydrogen) atoms. The average Bonchev–Trinajstić information content (AvgIpc) is 2.93. The number of H-pyrrole nitrogens is 1. The molecule has 0 saturated carbocycles. The molecule has 0 aliphatic heterocycles. The van der Waals surface area contributed by atoms with Crippen LogP contribution in [0.25, 0.3) is 11.8 Å². The molecule has 0 fully saturated rings. The fourth-order valence-corrected chi connectivity index (χ4v) is 1.99. The Labute approximate surface area is 131 Å². The Bertz CT molecular complexity index is 669. The summed E-state index contributed by atoms with van der Waals surface area (Å²) in [5, 5.41) is 1.33. The summed E-state index contributed by atoms with van der Waals surface area (Å²) in [4.78, 5) is 28.6. The summed E-state index contributed by atoms with van der Waals surface area (Å²) < 4.78 is 5.73. The number of rotatable bonds is 7. The minimum Gasteiger partial charge on any atom is -0.493 e. The van der Waals surface area contributed by atoms with Crippen LogP contribution in [-0.4, -0.2) is 42.3 Å². The lowest BCUT2D eigenvalue weighted by molar-refractivity contribution is -0.124. The third-order valence-electron chi connectivity index (χ3n) is 3.23. The van der Waals surface area contributed by atoms with Gasteiger partial charge in [-0.25, -0.2) is 0 Å². The maximum Gasteiger partial charge on any atom is 0.294 e. The van der Waals surface area contributed by atoms with Crippen molar-refractivity contribution in [2.75, 3.05) is 20.7 Å². The van der Waals surface area contributed by atoms with E-state index in [0.717, 1.165) is 18.2 Å². The van der Waals surface area contributed by atoms with Crippen LogP contribution < -0.4 is 10.6 Å². The number of aromatic amines is 1. The van der Waals surface area contributed by atoms with Crippen LogP contribution >= 0.6 is 0 Å². The topological polar surface area (TPSA) is 62.4 Å². The van der Waals surface area contributed by atoms with E-state index >= 15 is 0 Å². The van der Waals surface area contributed by atoms with Crippen molar-refractivity contribution in [3.8, 4) is 0 Å². The van der Waals surface area contributed by atoms with Gasteiger partial charge in [0.05, 0.1) is 17.4 Å². The van der Waals surface area contributed by atoms with Crippen molar-refractivity contribution in [2.45, 2.75) is 26.7 Å². The molecule has 1 amide bonds. The lowest BCUT2D eigenvalue weighted by atomic mass is 10.1. The first-order valence-corrected chi connectivity index (χ1v) is 7.37. The van der Waals surface area contributed by atoms with E-state index in [2.05, 4.69) is 18.5 Å². The van der Waals surface area contributed by atoms with Gasteiger partial charge in [0.1, 0.15) is 5.76 Å². The molecule has 0 saturated heterocycles. The van der Waals surface area contributed by atoms with Crippen LogP contribution in [0.2, 0.25) is 0 Å². The first kappa shape index (κ1) is 17.8. The summed E-state index contributed by atoms with van der Waals surface area (Å²) in [6, 6.07) is 0. The Morgan fingerprint density at radius 1 is 1.41 bits per heavy atom. The Morgan fingerprint density at radius 2 is 2.09 bits per heavy atom. The number of hydrogen-bond donors (Lipinski definition) is 1. The zero-order valence-corrected chi connectivity index (χ0v) is 13.7. The molecule has 0 spiro atoms. The van der Waals surface area contributed by atoms with Gasteiger partial charge >= 0.3 is 0 Å². The highest BCUT2D eigenvalue weighted by Crippen LogP contribution is 2.03. The molecule has 0 unspecified atom stereocenters. The van der Waals surface area contributed by atoms with Crippen LogP contribution in [0.3, 0.4) is 0 Å². The highest BCUT2D eigenvalue weighted by Gasteiger charge is 2.21. The summed E-state index contributed by atoms with van der Waals surface area (Å²) in [5.74, 6) is -0.625. The Hall–Kier alpha value is -2.30. The molecule has 0 aliphatic carbocycles. The quantitative estimate of drug-likeness (QED) is 0.468. The smallest absolute Gasteiger partial charge is 0.294 e. The maximum atomic E-state index is 12.4. The van der Waals surface area contributed by atoms with Crippen molar-refractivity contribution >= 4 is 23.5 Å². The van der Waals surface area contributed by atoms with Crippen molar-refractivity contribution in [1.82, 2.24) is 9.88 Å². The predicted octanol–water partition coefficient (Wildman–Crippen LogP) is 1.20. The van der Waals surface area contributed by atoms with Crippen molar-refractivity contribution in [1.29, 1.82) is 0 Å². The van der Waals surface area contributed by atoms with Gasteiger partial charge in [0.25, 0.3) is 11.7 Å². The Kier molecular flexibility index (Phi) is 6.63. The number of ketones is 1. The van der Waals surface area contributed by atoms with Gasteiger partial charge in [0.15, 0.2) is 0 Å². The van der Waals surface area contributed by atoms with Gasteiger partial charge in [0.2, 0.25) is 0 Å². The zero-order chi connectivity index (χ0) is 16.7. The molecule has 120 valence electrons. The number of nitrogens with zero attached hydrogens (tertiary/aromatic N) is 1. The summed E-state index contributed by atoms with van der Waals surface area (Å²) in [6.07, 6.45) is 6.87. The molecule has 1 heterocycles. The number of hydrogen-bond acceptors (Lipinski definition) is 3. The highest BCUT2D eigenvalue weighted by molar-refractivity contribution is 6.42. The molecule has 0 bridgehead atoms. The van der Waals surface area contributed by atoms with E-state index in [1.165, 1.54) is 4.90 Å². The number of aromatic nitrogens is 1. The Morgan fingerprint density at radius 3 is 2.59 bits per heavy atom. The number of nitrogens with one attached hydrogen (secondary N) is 1. The average molecular weight is 304 g/mol. The summed E-state index contributed by atoms with van der Waals surface area (Å²) in [6.45, 7) is 8.22. The molecule has 1 N–H and O–H groups in total. The molecule has 1 rings (SSSR count). The van der Waals surface area contributed by atoms with Gasteiger partial charge in [-0.3, -0.25) is 9.59 Å². The van der Waals surface area contributed by atoms with Gasteiger partial charge in [-0.2, -0.15) is 0 Å². The van der Waals surface area contributed by atoms with Crippen molar-refractivity contribution in [2.24, 2.45) is 0 Å². The normalized spacial score (nSPS) is 12.8. The minimum atomic E-state index is -0.570. The number of likely N-dealkylation sites (N-methyl/N-ethyl adjacent to an activating group) is 1. The SMILES string of the molecule is C=C/C(OCCCC)=c1/c(C(=O)C(=O)N(C)C)c[nH]/c1=C/C. The number of unbranched alkanes of at least 4 members (excludes halogenated alkanes) is 1. The molecule has 5 heteroatoms. The number of Topliss-reactive ketones (excluding diaryl/α,β-unsaturated/α-hetero) is 1. The number of carbonyl (C=O) groups is 2. The first-order valence-electron chi connectivity index (χ1n) is 7.37. The molecule has 0 aliphatic rings. The molecule has 1 aromatic heterocycles. The van der Waals surface area contributed by atoms with Crippen molar-refractivity contribution < 1.29 is 14.3 Å². The molecule has 0 radical (unpaired) electrons. The van der Waals surface area contributed by atoms with Gasteiger partial charge in [-0.05, 0) is 19.4 Å². The van der Waals surface area contributed by atoms with Crippen LogP contribution in [-0.2, 0) is 9.53 Å². The second-order valence-electron chi connectivity index (χ2n) is 5.08. The number of amides is 1. The molecule has 0 aromatic carbocycles. The van der Waals surface area contributed by atoms with Crippen LogP contribution in [0.5, 0.6) is 0 Å². The van der Waals surface area contributed by atoms with E-state index in [4.69, 9.17) is 4.74 Å². The third kappa shape index (κ3) is 3.87. The first-order chi connectivity index (χ1) is 10.5. The van der Waals surface area contributed by atoms with Gasteiger partial charge < -0.3 is 14.6 Å². The van der Waals surface area contributed by atoms with Crippen LogP contribution in [0.4, 0.5) is 0 Å². The number of ether oxygens (including phenoxy) is 1. The van der Waals surface area contributed by atoms with Crippen LogP contribution in [0.15, 0.2) is 18.9 Å². The number of carbonyl (C=O) groups excluding carboxylic acids is 2. The predicted molar refractivity (Wildman–Crippen MR) is 87.7 cm³/mol. The van der Waals surface area contributed by atoms with E-state index in [1.54, 1.807) is 26.4 Å². The molecular formula is C17H24N2O3. The zero-order valence-electron chi connectivity index (χ0n) is 13.7. The Balaban J connectivity index is 3.44. The largest absolute Gasteiger partial charge is 0.493 e. The fraction of sp³-hybridized carbons (Fsp3) is 0.412. The second kappa shape index (κ2) is 8.22. The third-order valence-corrected chi connectivity index (χ3v) is 3.23. The highest BCUT2D eigenvalue weighted by atomic mass is 16.5. The van der Waals surface area contributed by atoms with E-state index in [9.17, 15) is 9.59 Å². The summed E-state index contributed by atoms with van der Waals surface area (Å²) in [7, 11) is 3.10. The molecule has 1 aromatic rings. The van der Waals surface area contributed by atoms with E-state index in [0.29, 0.717) is 23.1 Å². The van der Waals surface area contributed by atoms with E-state index in [-0.39, 0.29) is 0 Å². The van der Waals surface area contributed by atoms with Crippen molar-refractivity contribution in [3.05, 3.63) is 35.0 Å². The lowest BCUT2D eigenvalue weighted by Crippen LogP contribution is -2.36. The summed E-state index contributed by atoms with van der Waals surface area (Å²) >= 11 is 0. The molecular weight excluding hydrogens is 280 g/mol. The maximum absolute atomic E-state index is 12.4. The van der Waals surface area contributed by atoms with E-state index in [1.807, 2.05) is 13.0 Å². The van der Waals surface area contributed by atoms with E-state index < -0.39 is 11.7 Å². The van der Waals surface area contributed by atoms with Gasteiger partial charge in [0, 0.05) is 25.6 Å². The summed E-state index contributed by atoms with van der Waals surface area (Å²) in [5.41, 5.74) is 0.304.